The summed E-state index contributed by atoms with van der Waals surface area (Å²) < 4.78 is 64.4. The van der Waals surface area contributed by atoms with Gasteiger partial charge in [-0.1, -0.05) is 19.9 Å². The standard InChI is InChI=1S/C32H35F4N5O4/c1-19-11-25(39-18-31(44,32(34,35)36)17-30(2,3)24-14-21(33)9-10-27(24)45-5)23-15-40-41(26(23)12-19)22-8-6-7-20(13-22)29(43)38-16-28(42)37-4/h6-15,39,44H,16-18H2,1-5H3,(H,37,42)(H,38,43). The van der Waals surface area contributed by atoms with Crippen LogP contribution in [0.3, 0.4) is 0 Å². The van der Waals surface area contributed by atoms with E-state index in [0.29, 0.717) is 27.8 Å². The Morgan fingerprint density at radius 2 is 1.80 bits per heavy atom. The van der Waals surface area contributed by atoms with Crippen molar-refractivity contribution in [3.8, 4) is 11.4 Å². The monoisotopic (exact) mass is 629 g/mol. The summed E-state index contributed by atoms with van der Waals surface area (Å²) in [7, 11) is 2.80. The number of carbonyl (C=O) groups is 2. The average molecular weight is 630 g/mol. The number of fused-ring (bicyclic) bond motifs is 1. The van der Waals surface area contributed by atoms with E-state index in [9.17, 15) is 32.3 Å². The SMILES string of the molecule is CNC(=O)CNC(=O)c1cccc(-n2ncc3c(NCC(O)(CC(C)(C)c4cc(F)ccc4OC)C(F)(F)F)cc(C)cc32)c1. The molecule has 0 aliphatic carbocycles. The third kappa shape index (κ3) is 7.19. The number of rotatable bonds is 11. The van der Waals surface area contributed by atoms with Crippen molar-refractivity contribution in [1.29, 1.82) is 0 Å². The molecule has 13 heteroatoms. The van der Waals surface area contributed by atoms with Gasteiger partial charge in [0.15, 0.2) is 5.60 Å². The number of amides is 2. The van der Waals surface area contributed by atoms with E-state index >= 15 is 0 Å². The van der Waals surface area contributed by atoms with Gasteiger partial charge in [0, 0.05) is 29.2 Å². The van der Waals surface area contributed by atoms with Crippen molar-refractivity contribution >= 4 is 28.4 Å². The zero-order valence-corrected chi connectivity index (χ0v) is 25.5. The van der Waals surface area contributed by atoms with Gasteiger partial charge in [-0.2, -0.15) is 18.3 Å². The minimum atomic E-state index is -5.04. The highest BCUT2D eigenvalue weighted by Crippen LogP contribution is 2.44. The Morgan fingerprint density at radius 1 is 1.07 bits per heavy atom. The zero-order chi connectivity index (χ0) is 33.2. The van der Waals surface area contributed by atoms with Crippen molar-refractivity contribution < 1.29 is 37.0 Å². The average Bonchev–Trinajstić information content (AvgIpc) is 3.41. The second-order valence-corrected chi connectivity index (χ2v) is 11.5. The van der Waals surface area contributed by atoms with Gasteiger partial charge < -0.3 is 25.8 Å². The maximum atomic E-state index is 14.5. The van der Waals surface area contributed by atoms with Crippen molar-refractivity contribution in [2.24, 2.45) is 0 Å². The molecule has 0 fully saturated rings. The van der Waals surface area contributed by atoms with Crippen LogP contribution in [0.1, 0.15) is 41.8 Å². The predicted molar refractivity (Wildman–Crippen MR) is 162 cm³/mol. The minimum absolute atomic E-state index is 0.191. The molecule has 0 saturated heterocycles. The lowest BCUT2D eigenvalue weighted by Gasteiger charge is -2.38. The summed E-state index contributed by atoms with van der Waals surface area (Å²) in [5.74, 6) is -1.26. The first-order valence-corrected chi connectivity index (χ1v) is 14.0. The number of aliphatic hydroxyl groups is 1. The summed E-state index contributed by atoms with van der Waals surface area (Å²) in [6.45, 7) is 3.64. The van der Waals surface area contributed by atoms with E-state index in [4.69, 9.17) is 4.74 Å². The van der Waals surface area contributed by atoms with Gasteiger partial charge in [0.05, 0.1) is 37.6 Å². The van der Waals surface area contributed by atoms with Crippen molar-refractivity contribution in [3.63, 3.8) is 0 Å². The Balaban J connectivity index is 1.64. The Labute approximate surface area is 257 Å². The number of likely N-dealkylation sites (N-methyl/N-ethyl adjacent to an activating group) is 1. The number of benzene rings is 3. The third-order valence-electron chi connectivity index (χ3n) is 7.60. The van der Waals surface area contributed by atoms with Crippen molar-refractivity contribution in [3.05, 3.63) is 83.3 Å². The van der Waals surface area contributed by atoms with E-state index in [1.807, 2.05) is 0 Å². The third-order valence-corrected chi connectivity index (χ3v) is 7.60. The van der Waals surface area contributed by atoms with E-state index in [0.717, 1.165) is 12.1 Å². The number of aromatic nitrogens is 2. The highest BCUT2D eigenvalue weighted by Gasteiger charge is 2.56. The van der Waals surface area contributed by atoms with E-state index < -0.39 is 41.9 Å². The van der Waals surface area contributed by atoms with Gasteiger partial charge in [-0.3, -0.25) is 9.59 Å². The van der Waals surface area contributed by atoms with E-state index in [1.165, 1.54) is 40.3 Å². The number of aryl methyl sites for hydroxylation is 1. The molecular formula is C32H35F4N5O4. The molecule has 1 unspecified atom stereocenters. The highest BCUT2D eigenvalue weighted by molar-refractivity contribution is 5.97. The van der Waals surface area contributed by atoms with E-state index in [-0.39, 0.29) is 29.3 Å². The van der Waals surface area contributed by atoms with Crippen LogP contribution in [0.25, 0.3) is 16.6 Å². The summed E-state index contributed by atoms with van der Waals surface area (Å²) in [6, 6.07) is 13.5. The van der Waals surface area contributed by atoms with Gasteiger partial charge in [0.2, 0.25) is 5.91 Å². The topological polar surface area (TPSA) is 118 Å². The molecule has 45 heavy (non-hydrogen) atoms. The molecule has 0 bridgehead atoms. The van der Waals surface area contributed by atoms with Crippen LogP contribution >= 0.6 is 0 Å². The Hall–Kier alpha value is -4.65. The molecule has 1 aromatic heterocycles. The number of hydrogen-bond acceptors (Lipinski definition) is 6. The number of ether oxygens (including phenoxy) is 1. The Morgan fingerprint density at radius 3 is 2.47 bits per heavy atom. The molecule has 240 valence electrons. The molecule has 4 aromatic rings. The Kier molecular flexibility index (Phi) is 9.43. The lowest BCUT2D eigenvalue weighted by Crippen LogP contribution is -2.53. The first-order chi connectivity index (χ1) is 21.1. The molecule has 1 heterocycles. The number of nitrogens with one attached hydrogen (secondary N) is 3. The van der Waals surface area contributed by atoms with Gasteiger partial charge in [0.25, 0.3) is 5.91 Å². The number of halogens is 4. The fraction of sp³-hybridized carbons (Fsp3) is 0.344. The molecule has 4 rings (SSSR count). The largest absolute Gasteiger partial charge is 0.496 e. The number of nitrogens with zero attached hydrogens (tertiary/aromatic N) is 2. The lowest BCUT2D eigenvalue weighted by atomic mass is 9.74. The quantitative estimate of drug-likeness (QED) is 0.173. The lowest BCUT2D eigenvalue weighted by molar-refractivity contribution is -0.260. The maximum Gasteiger partial charge on any atom is 0.418 e. The second-order valence-electron chi connectivity index (χ2n) is 11.5. The Bertz CT molecular complexity index is 1720. The highest BCUT2D eigenvalue weighted by atomic mass is 19.4. The van der Waals surface area contributed by atoms with E-state index in [2.05, 4.69) is 21.0 Å². The molecule has 1 atom stereocenters. The van der Waals surface area contributed by atoms with Crippen molar-refractivity contribution in [2.75, 3.05) is 32.6 Å². The summed E-state index contributed by atoms with van der Waals surface area (Å²) in [5.41, 5.74) is -2.03. The van der Waals surface area contributed by atoms with Crippen LogP contribution in [0.5, 0.6) is 5.75 Å². The number of hydrogen-bond donors (Lipinski definition) is 4. The summed E-state index contributed by atoms with van der Waals surface area (Å²) >= 11 is 0. The molecule has 3 aromatic carbocycles. The molecule has 0 spiro atoms. The molecule has 0 radical (unpaired) electrons. The van der Waals surface area contributed by atoms with Gasteiger partial charge in [0.1, 0.15) is 11.6 Å². The van der Waals surface area contributed by atoms with Crippen LogP contribution in [0.4, 0.5) is 23.2 Å². The molecule has 0 aliphatic rings. The van der Waals surface area contributed by atoms with Crippen LogP contribution in [0, 0.1) is 12.7 Å². The van der Waals surface area contributed by atoms with Gasteiger partial charge >= 0.3 is 6.18 Å². The van der Waals surface area contributed by atoms with Crippen LogP contribution in [0.15, 0.2) is 60.8 Å². The van der Waals surface area contributed by atoms with Crippen molar-refractivity contribution in [1.82, 2.24) is 20.4 Å². The fourth-order valence-electron chi connectivity index (χ4n) is 5.29. The zero-order valence-electron chi connectivity index (χ0n) is 25.5. The van der Waals surface area contributed by atoms with Crippen molar-refractivity contribution in [2.45, 2.75) is 44.4 Å². The van der Waals surface area contributed by atoms with E-state index in [1.54, 1.807) is 48.0 Å². The van der Waals surface area contributed by atoms with Crippen LogP contribution in [-0.4, -0.2) is 65.7 Å². The smallest absolute Gasteiger partial charge is 0.418 e. The molecule has 0 saturated carbocycles. The van der Waals surface area contributed by atoms with Gasteiger partial charge in [-0.25, -0.2) is 9.07 Å². The second kappa shape index (κ2) is 12.8. The minimum Gasteiger partial charge on any atom is -0.496 e. The molecule has 0 aliphatic heterocycles. The predicted octanol–water partition coefficient (Wildman–Crippen LogP) is 5.03. The summed E-state index contributed by atoms with van der Waals surface area (Å²) in [5, 5.41) is 23.8. The molecular weight excluding hydrogens is 594 g/mol. The molecule has 4 N–H and O–H groups in total. The van der Waals surface area contributed by atoms with Gasteiger partial charge in [-0.15, -0.1) is 0 Å². The number of carbonyl (C=O) groups excluding carboxylic acids is 2. The fourth-order valence-corrected chi connectivity index (χ4v) is 5.29. The van der Waals surface area contributed by atoms with Crippen LogP contribution in [0.2, 0.25) is 0 Å². The summed E-state index contributed by atoms with van der Waals surface area (Å²) in [4.78, 5) is 24.1. The summed E-state index contributed by atoms with van der Waals surface area (Å²) in [6.07, 6.45) is -4.35. The maximum absolute atomic E-state index is 14.5. The first-order valence-electron chi connectivity index (χ1n) is 14.0. The number of anilines is 1. The van der Waals surface area contributed by atoms with Crippen LogP contribution in [-0.2, 0) is 10.2 Å². The van der Waals surface area contributed by atoms with Gasteiger partial charge in [-0.05, 0) is 72.9 Å². The number of methoxy groups -OCH3 is 1. The van der Waals surface area contributed by atoms with Crippen LogP contribution < -0.4 is 20.7 Å². The number of alkyl halides is 3. The molecule has 2 amide bonds. The first kappa shape index (κ1) is 33.2. The molecule has 9 nitrogen and oxygen atoms in total. The normalized spacial score (nSPS) is 13.3.